The summed E-state index contributed by atoms with van der Waals surface area (Å²) in [5.74, 6) is -0.754. The van der Waals surface area contributed by atoms with E-state index in [2.05, 4.69) is 37.2 Å². The van der Waals surface area contributed by atoms with Gasteiger partial charge in [0.1, 0.15) is 12.6 Å². The zero-order valence-electron chi connectivity index (χ0n) is 22.0. The summed E-state index contributed by atoms with van der Waals surface area (Å²) in [7, 11) is -3.82. The summed E-state index contributed by atoms with van der Waals surface area (Å²) >= 11 is 6.85. The maximum absolute atomic E-state index is 14.0. The van der Waals surface area contributed by atoms with Crippen molar-refractivity contribution in [3.8, 4) is 0 Å². The Hall–Kier alpha value is -2.69. The fourth-order valence-corrected chi connectivity index (χ4v) is 5.84. The predicted molar refractivity (Wildman–Crippen MR) is 163 cm³/mol. The first-order valence-electron chi connectivity index (χ1n) is 12.7. The SMILES string of the molecule is CCCCNC(=O)C(Cc1ccccc1)N(Cc1ccc(Br)cc1)C(=O)CN(c1ccccc1Br)S(C)(=O)=O. The molecule has 1 atom stereocenters. The number of unbranched alkanes of at least 4 members (excludes halogenated alkanes) is 1. The van der Waals surface area contributed by atoms with E-state index < -0.39 is 28.5 Å². The zero-order chi connectivity index (χ0) is 28.4. The number of hydrogen-bond donors (Lipinski definition) is 1. The van der Waals surface area contributed by atoms with Crippen molar-refractivity contribution >= 4 is 59.4 Å². The van der Waals surface area contributed by atoms with Gasteiger partial charge in [0.15, 0.2) is 0 Å². The highest BCUT2D eigenvalue weighted by atomic mass is 79.9. The molecule has 39 heavy (non-hydrogen) atoms. The zero-order valence-corrected chi connectivity index (χ0v) is 26.0. The Kier molecular flexibility index (Phi) is 11.6. The summed E-state index contributed by atoms with van der Waals surface area (Å²) in [6.45, 7) is 2.22. The Bertz CT molecular complexity index is 1350. The molecule has 208 valence electrons. The molecule has 3 aromatic carbocycles. The van der Waals surface area contributed by atoms with Gasteiger partial charge in [0, 0.05) is 28.5 Å². The molecule has 10 heteroatoms. The van der Waals surface area contributed by atoms with Crippen molar-refractivity contribution in [1.82, 2.24) is 10.2 Å². The van der Waals surface area contributed by atoms with Gasteiger partial charge in [0.05, 0.1) is 11.9 Å². The molecule has 0 bridgehead atoms. The number of amides is 2. The molecule has 0 saturated heterocycles. The molecule has 0 saturated carbocycles. The van der Waals surface area contributed by atoms with Crippen molar-refractivity contribution in [2.45, 2.75) is 38.8 Å². The summed E-state index contributed by atoms with van der Waals surface area (Å²) in [6.07, 6.45) is 3.08. The normalized spacial score (nSPS) is 12.0. The van der Waals surface area contributed by atoms with E-state index in [-0.39, 0.29) is 18.9 Å². The van der Waals surface area contributed by atoms with E-state index >= 15 is 0 Å². The van der Waals surface area contributed by atoms with E-state index in [9.17, 15) is 18.0 Å². The van der Waals surface area contributed by atoms with Gasteiger partial charge in [-0.15, -0.1) is 0 Å². The molecule has 3 rings (SSSR count). The average molecular weight is 679 g/mol. The standard InChI is InChI=1S/C29H33Br2N3O4S/c1-3-4-18-32-29(36)27(19-22-10-6-5-7-11-22)33(20-23-14-16-24(30)17-15-23)28(35)21-34(39(2,37)38)26-13-9-8-12-25(26)31/h5-17,27H,3-4,18-21H2,1-2H3,(H,32,36). The van der Waals surface area contributed by atoms with E-state index in [1.807, 2.05) is 61.5 Å². The smallest absolute Gasteiger partial charge is 0.244 e. The van der Waals surface area contributed by atoms with Gasteiger partial charge in [-0.2, -0.15) is 0 Å². The number of carbonyl (C=O) groups excluding carboxylic acids is 2. The molecule has 1 unspecified atom stereocenters. The minimum absolute atomic E-state index is 0.137. The number of para-hydroxylation sites is 1. The van der Waals surface area contributed by atoms with Gasteiger partial charge in [0.2, 0.25) is 21.8 Å². The quantitative estimate of drug-likeness (QED) is 0.241. The lowest BCUT2D eigenvalue weighted by molar-refractivity contribution is -0.140. The molecule has 1 N–H and O–H groups in total. The summed E-state index contributed by atoms with van der Waals surface area (Å²) in [5, 5.41) is 2.98. The van der Waals surface area contributed by atoms with E-state index in [1.54, 1.807) is 24.3 Å². The van der Waals surface area contributed by atoms with Crippen molar-refractivity contribution in [1.29, 1.82) is 0 Å². The van der Waals surface area contributed by atoms with Crippen LogP contribution in [0.5, 0.6) is 0 Å². The minimum atomic E-state index is -3.82. The maximum atomic E-state index is 14.0. The van der Waals surface area contributed by atoms with Gasteiger partial charge in [-0.1, -0.05) is 83.9 Å². The Morgan fingerprint density at radius 1 is 0.897 bits per heavy atom. The second-order valence-corrected chi connectivity index (χ2v) is 12.9. The molecule has 0 aliphatic heterocycles. The van der Waals surface area contributed by atoms with Gasteiger partial charge >= 0.3 is 0 Å². The number of halogens is 2. The Morgan fingerprint density at radius 2 is 1.54 bits per heavy atom. The molecule has 0 aromatic heterocycles. The van der Waals surface area contributed by atoms with Gasteiger partial charge in [-0.05, 0) is 57.7 Å². The predicted octanol–water partition coefficient (Wildman–Crippen LogP) is 5.53. The molecule has 0 radical (unpaired) electrons. The number of benzene rings is 3. The Morgan fingerprint density at radius 3 is 2.15 bits per heavy atom. The van der Waals surface area contributed by atoms with Crippen LogP contribution in [0.2, 0.25) is 0 Å². The van der Waals surface area contributed by atoms with Crippen molar-refractivity contribution < 1.29 is 18.0 Å². The Labute approximate surface area is 247 Å². The van der Waals surface area contributed by atoms with E-state index in [0.29, 0.717) is 16.7 Å². The molecule has 3 aromatic rings. The van der Waals surface area contributed by atoms with Gasteiger partial charge < -0.3 is 10.2 Å². The average Bonchev–Trinajstić information content (AvgIpc) is 2.91. The number of anilines is 1. The summed E-state index contributed by atoms with van der Waals surface area (Å²) in [4.78, 5) is 29.1. The third-order valence-corrected chi connectivity index (χ3v) is 8.49. The monoisotopic (exact) mass is 677 g/mol. The van der Waals surface area contributed by atoms with Crippen LogP contribution in [0.4, 0.5) is 5.69 Å². The molecule has 0 aliphatic carbocycles. The van der Waals surface area contributed by atoms with Crippen LogP contribution in [-0.4, -0.2) is 50.5 Å². The summed E-state index contributed by atoms with van der Waals surface area (Å²) in [6, 6.07) is 23.0. The van der Waals surface area contributed by atoms with Crippen LogP contribution >= 0.6 is 31.9 Å². The molecule has 2 amide bonds. The lowest BCUT2D eigenvalue weighted by Gasteiger charge is -2.33. The first kappa shape index (κ1) is 30.8. The maximum Gasteiger partial charge on any atom is 0.244 e. The lowest BCUT2D eigenvalue weighted by atomic mass is 10.0. The third-order valence-electron chi connectivity index (χ3n) is 6.17. The molecule has 0 heterocycles. The molecule has 7 nitrogen and oxygen atoms in total. The highest BCUT2D eigenvalue weighted by Gasteiger charge is 2.33. The Balaban J connectivity index is 2.03. The van der Waals surface area contributed by atoms with Crippen LogP contribution in [-0.2, 0) is 32.6 Å². The van der Waals surface area contributed by atoms with Gasteiger partial charge in [0.25, 0.3) is 0 Å². The van der Waals surface area contributed by atoms with Crippen molar-refractivity contribution in [3.63, 3.8) is 0 Å². The molecule has 0 fully saturated rings. The van der Waals surface area contributed by atoms with E-state index in [0.717, 1.165) is 39.0 Å². The fraction of sp³-hybridized carbons (Fsp3) is 0.310. The first-order valence-corrected chi connectivity index (χ1v) is 16.1. The first-order chi connectivity index (χ1) is 18.6. The van der Waals surface area contributed by atoms with Crippen LogP contribution < -0.4 is 9.62 Å². The number of nitrogens with zero attached hydrogens (tertiary/aromatic N) is 2. The van der Waals surface area contributed by atoms with Crippen LogP contribution in [0.25, 0.3) is 0 Å². The molecule has 0 spiro atoms. The summed E-state index contributed by atoms with van der Waals surface area (Å²) < 4.78 is 28.2. The molecular weight excluding hydrogens is 646 g/mol. The molecule has 0 aliphatic rings. The number of rotatable bonds is 13. The highest BCUT2D eigenvalue weighted by Crippen LogP contribution is 2.28. The van der Waals surface area contributed by atoms with Crippen molar-refractivity contribution in [2.75, 3.05) is 23.7 Å². The van der Waals surface area contributed by atoms with Gasteiger partial charge in [-0.3, -0.25) is 13.9 Å². The van der Waals surface area contributed by atoms with Crippen LogP contribution in [0.1, 0.15) is 30.9 Å². The van der Waals surface area contributed by atoms with E-state index in [4.69, 9.17) is 0 Å². The van der Waals surface area contributed by atoms with Crippen molar-refractivity contribution in [2.24, 2.45) is 0 Å². The van der Waals surface area contributed by atoms with Crippen LogP contribution in [0.15, 0.2) is 87.8 Å². The van der Waals surface area contributed by atoms with Crippen LogP contribution in [0.3, 0.4) is 0 Å². The van der Waals surface area contributed by atoms with Crippen molar-refractivity contribution in [3.05, 3.63) is 98.9 Å². The topological polar surface area (TPSA) is 86.8 Å². The highest BCUT2D eigenvalue weighted by molar-refractivity contribution is 9.10. The number of hydrogen-bond acceptors (Lipinski definition) is 4. The number of nitrogens with one attached hydrogen (secondary N) is 1. The minimum Gasteiger partial charge on any atom is -0.354 e. The number of sulfonamides is 1. The van der Waals surface area contributed by atoms with E-state index in [1.165, 1.54) is 4.90 Å². The number of carbonyl (C=O) groups is 2. The second kappa shape index (κ2) is 14.6. The van der Waals surface area contributed by atoms with Gasteiger partial charge in [-0.25, -0.2) is 8.42 Å². The largest absolute Gasteiger partial charge is 0.354 e. The lowest BCUT2D eigenvalue weighted by Crippen LogP contribution is -2.53. The van der Waals surface area contributed by atoms with Crippen LogP contribution in [0, 0.1) is 0 Å². The fourth-order valence-electron chi connectivity index (χ4n) is 4.10. The molecular formula is C29H33Br2N3O4S. The third kappa shape index (κ3) is 9.19. The summed E-state index contributed by atoms with van der Waals surface area (Å²) in [5.41, 5.74) is 2.06. The second-order valence-electron chi connectivity index (χ2n) is 9.22.